The number of hydrogen-bond acceptors (Lipinski definition) is 4. The molecule has 1 aliphatic rings. The topological polar surface area (TPSA) is 67.5 Å². The van der Waals surface area contributed by atoms with Crippen molar-refractivity contribution in [2.75, 3.05) is 13.2 Å². The van der Waals surface area contributed by atoms with E-state index >= 15 is 0 Å². The largest absolute Gasteiger partial charge is 0.491 e. The molecule has 0 spiro atoms. The molecule has 0 aliphatic heterocycles. The molecule has 4 nitrogen and oxygen atoms in total. The number of ether oxygens (including phenoxy) is 1. The highest BCUT2D eigenvalue weighted by atomic mass is 16.5. The number of hydrogen-bond donors (Lipinski definition) is 3. The van der Waals surface area contributed by atoms with Gasteiger partial charge in [0.15, 0.2) is 0 Å². The summed E-state index contributed by atoms with van der Waals surface area (Å²) >= 11 is 0. The lowest BCUT2D eigenvalue weighted by Crippen LogP contribution is -2.41. The van der Waals surface area contributed by atoms with Crippen molar-refractivity contribution in [3.8, 4) is 5.75 Å². The molecule has 4 heteroatoms. The maximum Gasteiger partial charge on any atom is 0.122 e. The Morgan fingerprint density at radius 1 is 1.44 bits per heavy atom. The Labute approximate surface area is 108 Å². The zero-order valence-corrected chi connectivity index (χ0v) is 10.9. The van der Waals surface area contributed by atoms with E-state index in [4.69, 9.17) is 10.5 Å². The third-order valence-electron chi connectivity index (χ3n) is 3.21. The predicted octanol–water partition coefficient (Wildman–Crippen LogP) is 0.809. The molecule has 0 radical (unpaired) electrons. The molecular weight excluding hydrogens is 228 g/mol. The summed E-state index contributed by atoms with van der Waals surface area (Å²) in [5.74, 6) is 0.921. The maximum absolute atomic E-state index is 9.76. The van der Waals surface area contributed by atoms with Crippen LogP contribution in [0.2, 0.25) is 0 Å². The minimum atomic E-state index is -0.534. The average molecular weight is 250 g/mol. The average Bonchev–Trinajstić information content (AvgIpc) is 2.82. The summed E-state index contributed by atoms with van der Waals surface area (Å²) in [6, 6.07) is 6.16. The van der Waals surface area contributed by atoms with Crippen LogP contribution in [0.3, 0.4) is 0 Å². The number of nitrogens with one attached hydrogen (secondary N) is 1. The number of aliphatic hydroxyl groups excluding tert-OH is 1. The molecule has 2 unspecified atom stereocenters. The molecule has 2 atom stereocenters. The van der Waals surface area contributed by atoms with Crippen molar-refractivity contribution in [3.05, 3.63) is 29.3 Å². The van der Waals surface area contributed by atoms with Gasteiger partial charge in [-0.15, -0.1) is 0 Å². The van der Waals surface area contributed by atoms with Gasteiger partial charge in [0, 0.05) is 6.54 Å². The fourth-order valence-corrected chi connectivity index (χ4v) is 2.29. The van der Waals surface area contributed by atoms with Crippen molar-refractivity contribution in [1.82, 2.24) is 5.32 Å². The van der Waals surface area contributed by atoms with Gasteiger partial charge < -0.3 is 15.6 Å². The number of aliphatic hydroxyl groups is 1. The van der Waals surface area contributed by atoms with Crippen LogP contribution in [0.5, 0.6) is 5.75 Å². The van der Waals surface area contributed by atoms with Gasteiger partial charge >= 0.3 is 0 Å². The van der Waals surface area contributed by atoms with E-state index < -0.39 is 6.10 Å². The Kier molecular flexibility index (Phi) is 4.58. The number of aryl methyl sites for hydroxylation is 1. The highest BCUT2D eigenvalue weighted by Gasteiger charge is 2.16. The first kappa shape index (κ1) is 13.3. The highest BCUT2D eigenvalue weighted by Crippen LogP contribution is 2.30. The number of benzene rings is 1. The van der Waals surface area contributed by atoms with Crippen LogP contribution in [0.4, 0.5) is 0 Å². The van der Waals surface area contributed by atoms with Gasteiger partial charge in [0.25, 0.3) is 0 Å². The van der Waals surface area contributed by atoms with Crippen molar-refractivity contribution < 1.29 is 9.84 Å². The van der Waals surface area contributed by atoms with E-state index in [1.165, 1.54) is 17.5 Å². The van der Waals surface area contributed by atoms with Gasteiger partial charge in [0.2, 0.25) is 0 Å². The minimum Gasteiger partial charge on any atom is -0.491 e. The Morgan fingerprint density at radius 3 is 3.06 bits per heavy atom. The Balaban J connectivity index is 1.85. The quantitative estimate of drug-likeness (QED) is 0.654. The molecule has 0 amide bonds. The van der Waals surface area contributed by atoms with E-state index in [0.29, 0.717) is 13.2 Å². The zero-order valence-electron chi connectivity index (χ0n) is 10.9. The first-order chi connectivity index (χ1) is 8.66. The molecule has 0 saturated heterocycles. The second-order valence-corrected chi connectivity index (χ2v) is 4.91. The fraction of sp³-hybridized carbons (Fsp3) is 0.571. The summed E-state index contributed by atoms with van der Waals surface area (Å²) in [4.78, 5) is 0. The van der Waals surface area contributed by atoms with Gasteiger partial charge in [-0.25, -0.2) is 0 Å². The summed E-state index contributed by atoms with van der Waals surface area (Å²) in [5.41, 5.74) is 8.25. The van der Waals surface area contributed by atoms with E-state index in [0.717, 1.165) is 18.6 Å². The van der Waals surface area contributed by atoms with Crippen LogP contribution in [-0.4, -0.2) is 30.5 Å². The SMILES string of the molecule is CC(N)NCC(O)COc1cccc2c1CCC2. The first-order valence-corrected chi connectivity index (χ1v) is 6.57. The summed E-state index contributed by atoms with van der Waals surface area (Å²) in [6.45, 7) is 2.60. The lowest BCUT2D eigenvalue weighted by Gasteiger charge is -2.16. The van der Waals surface area contributed by atoms with Gasteiger partial charge in [-0.2, -0.15) is 0 Å². The van der Waals surface area contributed by atoms with Crippen molar-refractivity contribution in [2.45, 2.75) is 38.5 Å². The summed E-state index contributed by atoms with van der Waals surface area (Å²) in [5, 5.41) is 12.7. The van der Waals surface area contributed by atoms with Crippen molar-refractivity contribution >= 4 is 0 Å². The number of fused-ring (bicyclic) bond motifs is 1. The summed E-state index contributed by atoms with van der Waals surface area (Å²) < 4.78 is 5.71. The highest BCUT2D eigenvalue weighted by molar-refractivity contribution is 5.42. The normalized spacial score (nSPS) is 17.3. The van der Waals surface area contributed by atoms with Gasteiger partial charge in [-0.3, -0.25) is 5.32 Å². The van der Waals surface area contributed by atoms with Crippen LogP contribution < -0.4 is 15.8 Å². The molecule has 2 rings (SSSR count). The third-order valence-corrected chi connectivity index (χ3v) is 3.21. The second kappa shape index (κ2) is 6.18. The molecule has 0 aromatic heterocycles. The maximum atomic E-state index is 9.76. The molecule has 0 saturated carbocycles. The lowest BCUT2D eigenvalue weighted by molar-refractivity contribution is 0.104. The first-order valence-electron chi connectivity index (χ1n) is 6.57. The molecule has 0 fully saturated rings. The molecule has 18 heavy (non-hydrogen) atoms. The van der Waals surface area contributed by atoms with Crippen LogP contribution >= 0.6 is 0 Å². The molecule has 100 valence electrons. The molecule has 1 aromatic carbocycles. The van der Waals surface area contributed by atoms with Crippen LogP contribution in [0.1, 0.15) is 24.5 Å². The summed E-state index contributed by atoms with van der Waals surface area (Å²) in [6.07, 6.45) is 2.78. The predicted molar refractivity (Wildman–Crippen MR) is 71.6 cm³/mol. The van der Waals surface area contributed by atoms with E-state index in [1.54, 1.807) is 0 Å². The van der Waals surface area contributed by atoms with Gasteiger partial charge in [-0.05, 0) is 43.4 Å². The van der Waals surface area contributed by atoms with Gasteiger partial charge in [0.1, 0.15) is 18.5 Å². The Bertz CT molecular complexity index is 393. The Hall–Kier alpha value is -1.10. The Morgan fingerprint density at radius 2 is 2.28 bits per heavy atom. The molecule has 1 aromatic rings. The van der Waals surface area contributed by atoms with E-state index in [9.17, 15) is 5.11 Å². The number of rotatable bonds is 6. The molecule has 0 heterocycles. The van der Waals surface area contributed by atoms with Crippen LogP contribution in [0.15, 0.2) is 18.2 Å². The smallest absolute Gasteiger partial charge is 0.122 e. The third kappa shape index (κ3) is 3.45. The lowest BCUT2D eigenvalue weighted by atomic mass is 10.1. The van der Waals surface area contributed by atoms with Crippen LogP contribution in [0.25, 0.3) is 0 Å². The van der Waals surface area contributed by atoms with Gasteiger partial charge in [0.05, 0.1) is 6.17 Å². The van der Waals surface area contributed by atoms with E-state index in [-0.39, 0.29) is 6.17 Å². The van der Waals surface area contributed by atoms with Crippen molar-refractivity contribution in [2.24, 2.45) is 5.73 Å². The van der Waals surface area contributed by atoms with Crippen molar-refractivity contribution in [3.63, 3.8) is 0 Å². The minimum absolute atomic E-state index is 0.111. The number of nitrogens with two attached hydrogens (primary N) is 1. The fourth-order valence-electron chi connectivity index (χ4n) is 2.29. The second-order valence-electron chi connectivity index (χ2n) is 4.91. The molecule has 1 aliphatic carbocycles. The molecule has 0 bridgehead atoms. The van der Waals surface area contributed by atoms with Gasteiger partial charge in [-0.1, -0.05) is 12.1 Å². The van der Waals surface area contributed by atoms with E-state index in [2.05, 4.69) is 11.4 Å². The van der Waals surface area contributed by atoms with Crippen molar-refractivity contribution in [1.29, 1.82) is 0 Å². The van der Waals surface area contributed by atoms with E-state index in [1.807, 2.05) is 19.1 Å². The molecule has 4 N–H and O–H groups in total. The molecular formula is C14H22N2O2. The van der Waals surface area contributed by atoms with Crippen LogP contribution in [-0.2, 0) is 12.8 Å². The standard InChI is InChI=1S/C14H22N2O2/c1-10(15)16-8-12(17)9-18-14-7-3-5-11-4-2-6-13(11)14/h3,5,7,10,12,16-17H,2,4,6,8-9,15H2,1H3. The zero-order chi connectivity index (χ0) is 13.0. The van der Waals surface area contributed by atoms with Crippen LogP contribution in [0, 0.1) is 0 Å². The monoisotopic (exact) mass is 250 g/mol. The summed E-state index contributed by atoms with van der Waals surface area (Å²) in [7, 11) is 0.